The molecule has 0 radical (unpaired) electrons. The molecule has 6 heteroatoms. The highest BCUT2D eigenvalue weighted by molar-refractivity contribution is 5.97. The van der Waals surface area contributed by atoms with Crippen molar-refractivity contribution in [1.29, 1.82) is 0 Å². The molecule has 2 aromatic heterocycles. The van der Waals surface area contributed by atoms with E-state index in [4.69, 9.17) is 4.42 Å². The number of halogens is 2. The molecule has 4 nitrogen and oxygen atoms in total. The van der Waals surface area contributed by atoms with E-state index in [1.165, 1.54) is 6.07 Å². The number of fused-ring (bicyclic) bond motifs is 1. The highest BCUT2D eigenvalue weighted by atomic mass is 19.2. The molecule has 0 saturated carbocycles. The third kappa shape index (κ3) is 3.95. The largest absolute Gasteiger partial charge is 0.463 e. The van der Waals surface area contributed by atoms with E-state index in [0.29, 0.717) is 23.4 Å². The highest BCUT2D eigenvalue weighted by Crippen LogP contribution is 2.23. The molecule has 0 bridgehead atoms. The Labute approximate surface area is 150 Å². The molecule has 0 aliphatic carbocycles. The normalized spacial score (nSPS) is 11.2. The molecule has 0 spiro atoms. The number of hydrogen-bond acceptors (Lipinski definition) is 2. The average molecular weight is 360 g/mol. The molecule has 1 amide bonds. The van der Waals surface area contributed by atoms with Gasteiger partial charge in [-0.2, -0.15) is 0 Å². The molecule has 0 aliphatic heterocycles. The second-order valence-corrected chi connectivity index (χ2v) is 6.35. The van der Waals surface area contributed by atoms with Crippen molar-refractivity contribution in [3.05, 3.63) is 59.5 Å². The van der Waals surface area contributed by atoms with Gasteiger partial charge in [0.1, 0.15) is 5.69 Å². The van der Waals surface area contributed by atoms with Gasteiger partial charge in [-0.1, -0.05) is 32.3 Å². The maximum Gasteiger partial charge on any atom is 0.268 e. The van der Waals surface area contributed by atoms with Gasteiger partial charge >= 0.3 is 0 Å². The summed E-state index contributed by atoms with van der Waals surface area (Å²) in [5.74, 6) is -1.99. The van der Waals surface area contributed by atoms with Gasteiger partial charge in [0.25, 0.3) is 5.91 Å². The summed E-state index contributed by atoms with van der Waals surface area (Å²) >= 11 is 0. The second kappa shape index (κ2) is 8.17. The van der Waals surface area contributed by atoms with Crippen LogP contribution >= 0.6 is 0 Å². The van der Waals surface area contributed by atoms with Crippen LogP contribution in [-0.2, 0) is 6.54 Å². The van der Waals surface area contributed by atoms with Crippen LogP contribution in [0.15, 0.2) is 41.0 Å². The van der Waals surface area contributed by atoms with E-state index >= 15 is 0 Å². The van der Waals surface area contributed by atoms with Crippen molar-refractivity contribution >= 4 is 17.0 Å². The van der Waals surface area contributed by atoms with Crippen molar-refractivity contribution in [1.82, 2.24) is 9.88 Å². The maximum atomic E-state index is 13.5. The number of furan rings is 1. The van der Waals surface area contributed by atoms with Gasteiger partial charge in [0, 0.05) is 25.2 Å². The Bertz CT molecular complexity index is 898. The standard InChI is InChI=1S/C20H22F2N2O2/c1-2-3-4-5-9-23-20(25)18-12-19-17(8-10-26-19)24(18)13-14-6-7-15(21)16(22)11-14/h6-8,10-12H,2-5,9,13H2,1H3,(H,23,25). The number of nitrogens with one attached hydrogen (secondary N) is 1. The molecule has 2 heterocycles. The Morgan fingerprint density at radius 1 is 1.12 bits per heavy atom. The van der Waals surface area contributed by atoms with Crippen LogP contribution in [0.4, 0.5) is 8.78 Å². The summed E-state index contributed by atoms with van der Waals surface area (Å²) < 4.78 is 33.8. The number of nitrogens with zero attached hydrogens (tertiary/aromatic N) is 1. The molecular formula is C20H22F2N2O2. The topological polar surface area (TPSA) is 47.2 Å². The van der Waals surface area contributed by atoms with Crippen molar-refractivity contribution in [2.45, 2.75) is 39.2 Å². The fourth-order valence-corrected chi connectivity index (χ4v) is 3.00. The molecule has 0 aliphatic rings. The van der Waals surface area contributed by atoms with E-state index in [9.17, 15) is 13.6 Å². The first-order valence-electron chi connectivity index (χ1n) is 8.89. The van der Waals surface area contributed by atoms with Crippen molar-refractivity contribution in [3.63, 3.8) is 0 Å². The summed E-state index contributed by atoms with van der Waals surface area (Å²) in [6.45, 7) is 2.99. The average Bonchev–Trinajstić information content (AvgIpc) is 3.20. The van der Waals surface area contributed by atoms with Crippen LogP contribution in [0.3, 0.4) is 0 Å². The van der Waals surface area contributed by atoms with Gasteiger partial charge in [0.15, 0.2) is 17.2 Å². The van der Waals surface area contributed by atoms with Crippen LogP contribution in [0, 0.1) is 11.6 Å². The maximum absolute atomic E-state index is 13.5. The van der Waals surface area contributed by atoms with Gasteiger partial charge in [-0.15, -0.1) is 0 Å². The SMILES string of the molecule is CCCCCCNC(=O)c1cc2occc2n1Cc1ccc(F)c(F)c1. The van der Waals surface area contributed by atoms with Crippen molar-refractivity contribution in [3.8, 4) is 0 Å². The number of hydrogen-bond donors (Lipinski definition) is 1. The number of carbonyl (C=O) groups is 1. The number of amides is 1. The van der Waals surface area contributed by atoms with Crippen LogP contribution in [-0.4, -0.2) is 17.0 Å². The molecule has 1 aromatic carbocycles. The third-order valence-electron chi connectivity index (χ3n) is 4.40. The van der Waals surface area contributed by atoms with Crippen molar-refractivity contribution in [2.75, 3.05) is 6.54 Å². The van der Waals surface area contributed by atoms with E-state index < -0.39 is 11.6 Å². The molecule has 3 rings (SSSR count). The first-order chi connectivity index (χ1) is 12.6. The van der Waals surface area contributed by atoms with Crippen LogP contribution in [0.1, 0.15) is 48.7 Å². The van der Waals surface area contributed by atoms with Gasteiger partial charge < -0.3 is 14.3 Å². The first kappa shape index (κ1) is 18.2. The van der Waals surface area contributed by atoms with E-state index in [0.717, 1.165) is 43.3 Å². The molecule has 0 saturated heterocycles. The number of aromatic nitrogens is 1. The number of rotatable bonds is 8. The molecule has 138 valence electrons. The van der Waals surface area contributed by atoms with Crippen LogP contribution < -0.4 is 5.32 Å². The summed E-state index contributed by atoms with van der Waals surface area (Å²) in [5, 5.41) is 2.92. The second-order valence-electron chi connectivity index (χ2n) is 6.35. The smallest absolute Gasteiger partial charge is 0.268 e. The third-order valence-corrected chi connectivity index (χ3v) is 4.40. The lowest BCUT2D eigenvalue weighted by atomic mass is 10.2. The highest BCUT2D eigenvalue weighted by Gasteiger charge is 2.18. The van der Waals surface area contributed by atoms with E-state index in [1.807, 2.05) is 0 Å². The Balaban J connectivity index is 1.79. The molecule has 0 atom stereocenters. The van der Waals surface area contributed by atoms with Crippen LogP contribution in [0.5, 0.6) is 0 Å². The zero-order valence-corrected chi connectivity index (χ0v) is 14.7. The summed E-state index contributed by atoms with van der Waals surface area (Å²) in [4.78, 5) is 12.6. The minimum atomic E-state index is -0.903. The zero-order chi connectivity index (χ0) is 18.5. The summed E-state index contributed by atoms with van der Waals surface area (Å²) in [5.41, 5.74) is 2.34. The van der Waals surface area contributed by atoms with E-state index in [2.05, 4.69) is 12.2 Å². The summed E-state index contributed by atoms with van der Waals surface area (Å²) in [7, 11) is 0. The Morgan fingerprint density at radius 3 is 2.73 bits per heavy atom. The predicted octanol–water partition coefficient (Wildman–Crippen LogP) is 4.87. The molecule has 0 fully saturated rings. The minimum Gasteiger partial charge on any atom is -0.463 e. The molecular weight excluding hydrogens is 338 g/mol. The van der Waals surface area contributed by atoms with Crippen molar-refractivity contribution < 1.29 is 18.0 Å². The molecule has 3 aromatic rings. The monoisotopic (exact) mass is 360 g/mol. The van der Waals surface area contributed by atoms with Gasteiger partial charge in [0.2, 0.25) is 0 Å². The Morgan fingerprint density at radius 2 is 1.96 bits per heavy atom. The van der Waals surface area contributed by atoms with Crippen LogP contribution in [0.2, 0.25) is 0 Å². The Hall–Kier alpha value is -2.63. The zero-order valence-electron chi connectivity index (χ0n) is 14.7. The van der Waals surface area contributed by atoms with E-state index in [1.54, 1.807) is 23.0 Å². The number of carbonyl (C=O) groups excluding carboxylic acids is 1. The lowest BCUT2D eigenvalue weighted by Crippen LogP contribution is -2.27. The van der Waals surface area contributed by atoms with Crippen molar-refractivity contribution in [2.24, 2.45) is 0 Å². The molecule has 26 heavy (non-hydrogen) atoms. The summed E-state index contributed by atoms with van der Waals surface area (Å²) in [6, 6.07) is 7.18. The first-order valence-corrected chi connectivity index (χ1v) is 8.89. The fourth-order valence-electron chi connectivity index (χ4n) is 3.00. The van der Waals surface area contributed by atoms with Gasteiger partial charge in [-0.25, -0.2) is 8.78 Å². The minimum absolute atomic E-state index is 0.199. The van der Waals surface area contributed by atoms with E-state index in [-0.39, 0.29) is 12.5 Å². The molecule has 0 unspecified atom stereocenters. The summed E-state index contributed by atoms with van der Waals surface area (Å²) in [6.07, 6.45) is 5.84. The number of benzene rings is 1. The Kier molecular flexibility index (Phi) is 5.71. The lowest BCUT2D eigenvalue weighted by Gasteiger charge is -2.11. The fraction of sp³-hybridized carbons (Fsp3) is 0.350. The van der Waals surface area contributed by atoms with Crippen LogP contribution in [0.25, 0.3) is 11.1 Å². The van der Waals surface area contributed by atoms with Gasteiger partial charge in [-0.3, -0.25) is 4.79 Å². The quantitative estimate of drug-likeness (QED) is 0.583. The van der Waals surface area contributed by atoms with Gasteiger partial charge in [0.05, 0.1) is 11.8 Å². The number of unbranched alkanes of at least 4 members (excludes halogenated alkanes) is 3. The predicted molar refractivity (Wildman–Crippen MR) is 96.1 cm³/mol. The molecule has 1 N–H and O–H groups in total. The lowest BCUT2D eigenvalue weighted by molar-refractivity contribution is 0.0944. The van der Waals surface area contributed by atoms with Gasteiger partial charge in [-0.05, 0) is 24.1 Å².